The molecule has 2 heterocycles. The molecule has 15 heavy (non-hydrogen) atoms. The van der Waals surface area contributed by atoms with Crippen molar-refractivity contribution in [3.05, 3.63) is 12.2 Å². The Bertz CT molecular complexity index is 288. The predicted molar refractivity (Wildman–Crippen MR) is 57.3 cm³/mol. The normalized spacial score (nSPS) is 28.5. The van der Waals surface area contributed by atoms with Gasteiger partial charge in [0.05, 0.1) is 6.61 Å². The Hall–Kier alpha value is -0.870. The minimum Gasteiger partial charge on any atom is -0.352 e. The van der Waals surface area contributed by atoms with Gasteiger partial charge in [0.2, 0.25) is 0 Å². The van der Waals surface area contributed by atoms with Crippen molar-refractivity contribution in [2.75, 3.05) is 26.2 Å². The van der Waals surface area contributed by atoms with Crippen LogP contribution in [0.3, 0.4) is 0 Å². The van der Waals surface area contributed by atoms with E-state index in [1.54, 1.807) is 4.90 Å². The van der Waals surface area contributed by atoms with Gasteiger partial charge in [0.15, 0.2) is 0 Å². The van der Waals surface area contributed by atoms with Crippen molar-refractivity contribution in [1.29, 1.82) is 0 Å². The van der Waals surface area contributed by atoms with Crippen molar-refractivity contribution in [1.82, 2.24) is 9.80 Å². The molecule has 0 aromatic heterocycles. The van der Waals surface area contributed by atoms with Gasteiger partial charge in [-0.05, 0) is 13.8 Å². The van der Waals surface area contributed by atoms with E-state index in [0.29, 0.717) is 18.2 Å². The molecule has 0 aliphatic carbocycles. The van der Waals surface area contributed by atoms with Gasteiger partial charge < -0.3 is 9.64 Å². The maximum Gasteiger partial charge on any atom is 0.253 e. The van der Waals surface area contributed by atoms with E-state index in [9.17, 15) is 4.79 Å². The predicted octanol–water partition coefficient (Wildman–Crippen LogP) is 0.452. The first-order chi connectivity index (χ1) is 7.09. The molecule has 2 fully saturated rings. The molecule has 0 radical (unpaired) electrons. The fourth-order valence-corrected chi connectivity index (χ4v) is 2.08. The van der Waals surface area contributed by atoms with Crippen LogP contribution in [0.2, 0.25) is 0 Å². The summed E-state index contributed by atoms with van der Waals surface area (Å²) in [5, 5.41) is 0. The molecule has 84 valence electrons. The SMILES string of the molecule is C=C1COC2CN(C(C)C)CCN2C1=O. The van der Waals surface area contributed by atoms with E-state index in [0.717, 1.165) is 19.6 Å². The zero-order chi connectivity index (χ0) is 11.0. The Balaban J connectivity index is 2.05. The van der Waals surface area contributed by atoms with Crippen LogP contribution in [0.25, 0.3) is 0 Å². The second-order valence-electron chi connectivity index (χ2n) is 4.46. The van der Waals surface area contributed by atoms with Gasteiger partial charge in [-0.2, -0.15) is 0 Å². The largest absolute Gasteiger partial charge is 0.352 e. The summed E-state index contributed by atoms with van der Waals surface area (Å²) in [4.78, 5) is 15.9. The highest BCUT2D eigenvalue weighted by molar-refractivity contribution is 5.93. The van der Waals surface area contributed by atoms with E-state index in [1.807, 2.05) is 0 Å². The van der Waals surface area contributed by atoms with Crippen molar-refractivity contribution >= 4 is 5.91 Å². The fourth-order valence-electron chi connectivity index (χ4n) is 2.08. The number of ether oxygens (including phenoxy) is 1. The van der Waals surface area contributed by atoms with Crippen molar-refractivity contribution < 1.29 is 9.53 Å². The molecule has 2 aliphatic rings. The zero-order valence-electron chi connectivity index (χ0n) is 9.40. The van der Waals surface area contributed by atoms with Gasteiger partial charge in [0, 0.05) is 31.2 Å². The van der Waals surface area contributed by atoms with Gasteiger partial charge >= 0.3 is 0 Å². The van der Waals surface area contributed by atoms with Crippen LogP contribution in [-0.2, 0) is 9.53 Å². The van der Waals surface area contributed by atoms with E-state index in [1.165, 1.54) is 0 Å². The molecule has 1 atom stereocenters. The maximum absolute atomic E-state index is 11.8. The summed E-state index contributed by atoms with van der Waals surface area (Å²) >= 11 is 0. The number of nitrogens with zero attached hydrogens (tertiary/aromatic N) is 2. The van der Waals surface area contributed by atoms with E-state index in [4.69, 9.17) is 4.74 Å². The smallest absolute Gasteiger partial charge is 0.253 e. The highest BCUT2D eigenvalue weighted by atomic mass is 16.5. The van der Waals surface area contributed by atoms with Crippen LogP contribution in [0.1, 0.15) is 13.8 Å². The second kappa shape index (κ2) is 3.94. The lowest BCUT2D eigenvalue weighted by atomic mass is 10.1. The summed E-state index contributed by atoms with van der Waals surface area (Å²) < 4.78 is 5.61. The van der Waals surface area contributed by atoms with Crippen LogP contribution in [0.15, 0.2) is 12.2 Å². The highest BCUT2D eigenvalue weighted by Crippen LogP contribution is 2.20. The third-order valence-electron chi connectivity index (χ3n) is 3.11. The van der Waals surface area contributed by atoms with Crippen molar-refractivity contribution in [2.24, 2.45) is 0 Å². The molecular formula is C11H18N2O2. The number of fused-ring (bicyclic) bond motifs is 1. The van der Waals surface area contributed by atoms with Crippen LogP contribution >= 0.6 is 0 Å². The van der Waals surface area contributed by atoms with Crippen LogP contribution in [-0.4, -0.2) is 54.2 Å². The molecule has 0 bridgehead atoms. The van der Waals surface area contributed by atoms with Crippen molar-refractivity contribution in [3.8, 4) is 0 Å². The lowest BCUT2D eigenvalue weighted by Gasteiger charge is -2.45. The minimum absolute atomic E-state index is 0.0645. The van der Waals surface area contributed by atoms with E-state index in [2.05, 4.69) is 25.3 Å². The molecule has 2 aliphatic heterocycles. The summed E-state index contributed by atoms with van der Waals surface area (Å²) in [6.07, 6.45) is -0.0702. The van der Waals surface area contributed by atoms with Gasteiger partial charge in [-0.15, -0.1) is 0 Å². The molecule has 0 saturated carbocycles. The molecule has 2 rings (SSSR count). The Morgan fingerprint density at radius 2 is 2.20 bits per heavy atom. The third-order valence-corrected chi connectivity index (χ3v) is 3.11. The standard InChI is InChI=1S/C11H18N2O2/c1-8(2)12-4-5-13-10(6-12)15-7-9(3)11(13)14/h8,10H,3-7H2,1-2H3. The van der Waals surface area contributed by atoms with Crippen molar-refractivity contribution in [3.63, 3.8) is 0 Å². The number of hydrogen-bond donors (Lipinski definition) is 0. The Labute approximate surface area is 90.5 Å². The van der Waals surface area contributed by atoms with Gasteiger partial charge in [-0.1, -0.05) is 6.58 Å². The maximum atomic E-state index is 11.8. The minimum atomic E-state index is -0.0702. The lowest BCUT2D eigenvalue weighted by molar-refractivity contribution is -0.161. The Morgan fingerprint density at radius 3 is 2.87 bits per heavy atom. The van der Waals surface area contributed by atoms with Crippen molar-refractivity contribution in [2.45, 2.75) is 26.1 Å². The first-order valence-corrected chi connectivity index (χ1v) is 5.44. The average Bonchev–Trinajstić information content (AvgIpc) is 2.23. The topological polar surface area (TPSA) is 32.8 Å². The molecule has 0 aromatic rings. The molecule has 4 heteroatoms. The number of amides is 1. The summed E-state index contributed by atoms with van der Waals surface area (Å²) in [5.74, 6) is 0.0645. The van der Waals surface area contributed by atoms with Gasteiger partial charge in [0.1, 0.15) is 6.23 Å². The first kappa shape index (κ1) is 10.6. The van der Waals surface area contributed by atoms with Gasteiger partial charge in [-0.3, -0.25) is 9.69 Å². The van der Waals surface area contributed by atoms with E-state index in [-0.39, 0.29) is 12.1 Å². The number of piperazine rings is 1. The quantitative estimate of drug-likeness (QED) is 0.589. The van der Waals surface area contributed by atoms with Crippen LogP contribution in [0, 0.1) is 0 Å². The Morgan fingerprint density at radius 1 is 1.47 bits per heavy atom. The lowest BCUT2D eigenvalue weighted by Crippen LogP contribution is -2.60. The summed E-state index contributed by atoms with van der Waals surface area (Å²) in [7, 11) is 0. The van der Waals surface area contributed by atoms with Gasteiger partial charge in [-0.25, -0.2) is 0 Å². The number of carbonyl (C=O) groups is 1. The summed E-state index contributed by atoms with van der Waals surface area (Å²) in [6, 6.07) is 0.510. The molecule has 4 nitrogen and oxygen atoms in total. The third kappa shape index (κ3) is 1.92. The highest BCUT2D eigenvalue weighted by Gasteiger charge is 2.36. The van der Waals surface area contributed by atoms with E-state index >= 15 is 0 Å². The average molecular weight is 210 g/mol. The number of hydrogen-bond acceptors (Lipinski definition) is 3. The summed E-state index contributed by atoms with van der Waals surface area (Å²) in [6.45, 7) is 10.9. The second-order valence-corrected chi connectivity index (χ2v) is 4.46. The Kier molecular flexibility index (Phi) is 2.80. The molecular weight excluding hydrogens is 192 g/mol. The number of rotatable bonds is 1. The molecule has 0 spiro atoms. The fraction of sp³-hybridized carbons (Fsp3) is 0.727. The molecule has 0 N–H and O–H groups in total. The van der Waals surface area contributed by atoms with Crippen LogP contribution in [0.4, 0.5) is 0 Å². The summed E-state index contributed by atoms with van der Waals surface area (Å²) in [5.41, 5.74) is 0.573. The molecule has 2 saturated heterocycles. The van der Waals surface area contributed by atoms with Crippen LogP contribution in [0.5, 0.6) is 0 Å². The molecule has 1 unspecified atom stereocenters. The first-order valence-electron chi connectivity index (χ1n) is 5.44. The monoisotopic (exact) mass is 210 g/mol. The molecule has 0 aromatic carbocycles. The zero-order valence-corrected chi connectivity index (χ0v) is 9.40. The molecule has 1 amide bonds. The van der Waals surface area contributed by atoms with E-state index < -0.39 is 0 Å². The van der Waals surface area contributed by atoms with Gasteiger partial charge in [0.25, 0.3) is 5.91 Å². The van der Waals surface area contributed by atoms with Crippen LogP contribution < -0.4 is 0 Å². The number of carbonyl (C=O) groups excluding carboxylic acids is 1.